The molecule has 0 bridgehead atoms. The van der Waals surface area contributed by atoms with E-state index >= 15 is 0 Å². The van der Waals surface area contributed by atoms with E-state index in [0.717, 1.165) is 5.56 Å². The summed E-state index contributed by atoms with van der Waals surface area (Å²) in [4.78, 5) is 27.6. The molecular formula is C25H21FN2O4. The van der Waals surface area contributed by atoms with Gasteiger partial charge in [0.1, 0.15) is 17.3 Å². The van der Waals surface area contributed by atoms with Crippen LogP contribution in [0.25, 0.3) is 10.9 Å². The summed E-state index contributed by atoms with van der Waals surface area (Å²) in [6.07, 6.45) is 1.41. The van der Waals surface area contributed by atoms with Gasteiger partial charge < -0.3 is 14.4 Å². The predicted molar refractivity (Wildman–Crippen MR) is 119 cm³/mol. The van der Waals surface area contributed by atoms with Crippen LogP contribution >= 0.6 is 0 Å². The van der Waals surface area contributed by atoms with E-state index in [1.165, 1.54) is 24.5 Å². The number of hydrogen-bond donors (Lipinski definition) is 1. The number of benzene rings is 3. The number of carboxylic acids is 1. The average Bonchev–Trinajstić information content (AvgIpc) is 2.74. The fourth-order valence-electron chi connectivity index (χ4n) is 3.70. The van der Waals surface area contributed by atoms with E-state index in [9.17, 15) is 19.1 Å². The lowest BCUT2D eigenvalue weighted by molar-refractivity contribution is 0.0696. The SMILES string of the molecule is Cc1ccc(Cn2cnc(=O)c3cc(Oc4c(C)cc(C(=O)O)cc4C)ccc32)c(F)c1. The lowest BCUT2D eigenvalue weighted by Gasteiger charge is -2.15. The molecule has 6 nitrogen and oxygen atoms in total. The van der Waals surface area contributed by atoms with Crippen molar-refractivity contribution in [3.8, 4) is 11.5 Å². The summed E-state index contributed by atoms with van der Waals surface area (Å²) in [7, 11) is 0. The molecule has 0 unspecified atom stereocenters. The Morgan fingerprint density at radius 1 is 1.06 bits per heavy atom. The normalized spacial score (nSPS) is 11.0. The third kappa shape index (κ3) is 4.09. The van der Waals surface area contributed by atoms with Crippen LogP contribution in [0.1, 0.15) is 32.6 Å². The molecule has 1 heterocycles. The molecule has 4 aromatic rings. The van der Waals surface area contributed by atoms with Gasteiger partial charge in [-0.15, -0.1) is 0 Å². The summed E-state index contributed by atoms with van der Waals surface area (Å²) in [6, 6.07) is 13.1. The Labute approximate surface area is 183 Å². The first-order chi connectivity index (χ1) is 15.2. The van der Waals surface area contributed by atoms with Crippen molar-refractivity contribution in [1.29, 1.82) is 0 Å². The molecule has 0 aliphatic carbocycles. The Morgan fingerprint density at radius 2 is 1.78 bits per heavy atom. The standard InChI is InChI=1S/C25H21FN2O4/c1-14-4-5-17(21(26)8-14)12-28-13-27-24(29)20-11-19(6-7-22(20)28)32-23-15(2)9-18(25(30)31)10-16(23)3/h4-11,13H,12H2,1-3H3,(H,30,31). The minimum Gasteiger partial charge on any atom is -0.478 e. The fraction of sp³-hybridized carbons (Fsp3) is 0.160. The van der Waals surface area contributed by atoms with Gasteiger partial charge in [0.05, 0.1) is 29.3 Å². The van der Waals surface area contributed by atoms with Gasteiger partial charge in [0, 0.05) is 5.56 Å². The number of carbonyl (C=O) groups is 1. The second-order valence-electron chi connectivity index (χ2n) is 7.80. The third-order valence-corrected chi connectivity index (χ3v) is 5.30. The number of aryl methyl sites for hydroxylation is 3. The van der Waals surface area contributed by atoms with Gasteiger partial charge >= 0.3 is 5.97 Å². The van der Waals surface area contributed by atoms with Crippen molar-refractivity contribution in [2.24, 2.45) is 0 Å². The number of aromatic carboxylic acids is 1. The molecule has 0 amide bonds. The van der Waals surface area contributed by atoms with E-state index in [2.05, 4.69) is 4.98 Å². The van der Waals surface area contributed by atoms with Crippen LogP contribution in [0.5, 0.6) is 11.5 Å². The quantitative estimate of drug-likeness (QED) is 0.480. The van der Waals surface area contributed by atoms with Gasteiger partial charge in [-0.2, -0.15) is 4.98 Å². The highest BCUT2D eigenvalue weighted by molar-refractivity contribution is 5.88. The Hall–Kier alpha value is -4.00. The van der Waals surface area contributed by atoms with Crippen LogP contribution in [-0.2, 0) is 6.54 Å². The summed E-state index contributed by atoms with van der Waals surface area (Å²) in [5.74, 6) is -0.372. The van der Waals surface area contributed by atoms with Gasteiger partial charge in [0.2, 0.25) is 0 Å². The van der Waals surface area contributed by atoms with Crippen LogP contribution in [0.4, 0.5) is 4.39 Å². The molecule has 0 aliphatic heterocycles. The molecule has 1 aromatic heterocycles. The van der Waals surface area contributed by atoms with E-state index in [-0.39, 0.29) is 17.9 Å². The van der Waals surface area contributed by atoms with Gasteiger partial charge in [-0.05, 0) is 73.9 Å². The third-order valence-electron chi connectivity index (χ3n) is 5.30. The molecule has 3 aromatic carbocycles. The number of hydrogen-bond acceptors (Lipinski definition) is 4. The van der Waals surface area contributed by atoms with Crippen molar-refractivity contribution >= 4 is 16.9 Å². The summed E-state index contributed by atoms with van der Waals surface area (Å²) >= 11 is 0. The number of ether oxygens (including phenoxy) is 1. The molecule has 0 saturated heterocycles. The van der Waals surface area contributed by atoms with E-state index in [0.29, 0.717) is 39.1 Å². The summed E-state index contributed by atoms with van der Waals surface area (Å²) < 4.78 is 22.0. The molecular weight excluding hydrogens is 411 g/mol. The first kappa shape index (κ1) is 21.2. The van der Waals surface area contributed by atoms with Crippen molar-refractivity contribution < 1.29 is 19.0 Å². The number of rotatable bonds is 5. The Balaban J connectivity index is 1.72. The molecule has 0 spiro atoms. The lowest BCUT2D eigenvalue weighted by atomic mass is 10.1. The molecule has 32 heavy (non-hydrogen) atoms. The molecule has 0 aliphatic rings. The molecule has 0 radical (unpaired) electrons. The van der Waals surface area contributed by atoms with Crippen LogP contribution in [0.2, 0.25) is 0 Å². The van der Waals surface area contributed by atoms with E-state index in [1.54, 1.807) is 42.7 Å². The maximum absolute atomic E-state index is 14.3. The van der Waals surface area contributed by atoms with Gasteiger partial charge in [0.25, 0.3) is 5.56 Å². The van der Waals surface area contributed by atoms with E-state index in [4.69, 9.17) is 4.74 Å². The maximum Gasteiger partial charge on any atom is 0.335 e. The molecule has 0 fully saturated rings. The highest BCUT2D eigenvalue weighted by Gasteiger charge is 2.13. The van der Waals surface area contributed by atoms with E-state index < -0.39 is 11.5 Å². The summed E-state index contributed by atoms with van der Waals surface area (Å²) in [5.41, 5.74) is 3.03. The Morgan fingerprint density at radius 3 is 2.44 bits per heavy atom. The Kier molecular flexibility index (Phi) is 5.48. The minimum atomic E-state index is -1.01. The van der Waals surface area contributed by atoms with Crippen molar-refractivity contribution in [3.63, 3.8) is 0 Å². The Bertz CT molecular complexity index is 1400. The largest absolute Gasteiger partial charge is 0.478 e. The molecule has 1 N–H and O–H groups in total. The average molecular weight is 432 g/mol. The molecule has 4 rings (SSSR count). The molecule has 0 atom stereocenters. The molecule has 162 valence electrons. The first-order valence-electron chi connectivity index (χ1n) is 9.99. The van der Waals surface area contributed by atoms with Crippen LogP contribution in [0.3, 0.4) is 0 Å². The van der Waals surface area contributed by atoms with Gasteiger partial charge in [0.15, 0.2) is 0 Å². The predicted octanol–water partition coefficient (Wildman–Crippen LogP) is 5.00. The maximum atomic E-state index is 14.3. The van der Waals surface area contributed by atoms with Gasteiger partial charge in [-0.3, -0.25) is 4.79 Å². The van der Waals surface area contributed by atoms with Crippen molar-refractivity contribution in [1.82, 2.24) is 9.55 Å². The van der Waals surface area contributed by atoms with Gasteiger partial charge in [-0.25, -0.2) is 9.18 Å². The number of carboxylic acid groups (broad SMARTS) is 1. The number of halogens is 1. The second-order valence-corrected chi connectivity index (χ2v) is 7.80. The monoisotopic (exact) mass is 432 g/mol. The fourth-order valence-corrected chi connectivity index (χ4v) is 3.70. The van der Waals surface area contributed by atoms with Crippen molar-refractivity contribution in [2.75, 3.05) is 0 Å². The highest BCUT2D eigenvalue weighted by atomic mass is 19.1. The first-order valence-corrected chi connectivity index (χ1v) is 9.99. The van der Waals surface area contributed by atoms with Crippen molar-refractivity contribution in [3.05, 3.63) is 98.8 Å². The van der Waals surface area contributed by atoms with Gasteiger partial charge in [-0.1, -0.05) is 12.1 Å². The topological polar surface area (TPSA) is 81.4 Å². The smallest absolute Gasteiger partial charge is 0.335 e. The highest BCUT2D eigenvalue weighted by Crippen LogP contribution is 2.31. The van der Waals surface area contributed by atoms with Crippen LogP contribution in [0.15, 0.2) is 59.7 Å². The van der Waals surface area contributed by atoms with Crippen molar-refractivity contribution in [2.45, 2.75) is 27.3 Å². The molecule has 7 heteroatoms. The van der Waals surface area contributed by atoms with E-state index in [1.807, 2.05) is 13.0 Å². The summed E-state index contributed by atoms with van der Waals surface area (Å²) in [6.45, 7) is 5.58. The van der Waals surface area contributed by atoms with Crippen LogP contribution < -0.4 is 10.3 Å². The number of aromatic nitrogens is 2. The minimum absolute atomic E-state index is 0.182. The number of nitrogens with zero attached hydrogens (tertiary/aromatic N) is 2. The zero-order valence-electron chi connectivity index (χ0n) is 17.8. The lowest BCUT2D eigenvalue weighted by Crippen LogP contribution is -2.13. The summed E-state index contributed by atoms with van der Waals surface area (Å²) in [5, 5.41) is 9.56. The van der Waals surface area contributed by atoms with Crippen LogP contribution in [0, 0.1) is 26.6 Å². The zero-order valence-corrected chi connectivity index (χ0v) is 17.8. The zero-order chi connectivity index (χ0) is 23.0. The molecule has 0 saturated carbocycles. The number of fused-ring (bicyclic) bond motifs is 1. The second kappa shape index (κ2) is 8.26. The van der Waals surface area contributed by atoms with Crippen LogP contribution in [-0.4, -0.2) is 20.6 Å².